The molecular formula is C34H38N4O11S2. The van der Waals surface area contributed by atoms with Crippen LogP contribution >= 0.6 is 23.5 Å². The Hall–Kier alpha value is -4.03. The van der Waals surface area contributed by atoms with E-state index in [0.29, 0.717) is 28.2 Å². The summed E-state index contributed by atoms with van der Waals surface area (Å²) in [5.41, 5.74) is 1.20. The molecular weight excluding hydrogens is 705 g/mol. The van der Waals surface area contributed by atoms with Gasteiger partial charge in [0.15, 0.2) is 0 Å². The molecule has 3 fully saturated rings. The molecule has 3 N–H and O–H groups in total. The van der Waals surface area contributed by atoms with Gasteiger partial charge in [-0.25, -0.2) is 9.59 Å². The van der Waals surface area contributed by atoms with Crippen molar-refractivity contribution in [2.75, 3.05) is 18.9 Å². The highest BCUT2D eigenvalue weighted by molar-refractivity contribution is 8.03. The first-order valence-electron chi connectivity index (χ1n) is 16.6. The summed E-state index contributed by atoms with van der Waals surface area (Å²) in [5, 5.41) is 45.3. The minimum Gasteiger partial charge on any atom is -0.457 e. The maximum Gasteiger partial charge on any atom is 0.410 e. The van der Waals surface area contributed by atoms with Crippen LogP contribution in [0.4, 0.5) is 16.2 Å². The van der Waals surface area contributed by atoms with Gasteiger partial charge in [0, 0.05) is 53.8 Å². The molecule has 17 heteroatoms. The maximum absolute atomic E-state index is 13.8. The van der Waals surface area contributed by atoms with Crippen LogP contribution in [0.15, 0.2) is 59.0 Å². The number of nitrogens with one attached hydrogen (secondary N) is 1. The summed E-state index contributed by atoms with van der Waals surface area (Å²) in [6, 6.07) is 10.9. The molecule has 272 valence electrons. The minimum atomic E-state index is -0.898. The number of Topliss-reactive ketones (excluding diaryl/α,β-unsaturated/α-hetero) is 1. The number of ether oxygens (including phenoxy) is 2. The van der Waals surface area contributed by atoms with Crippen LogP contribution in [-0.2, 0) is 32.3 Å². The highest BCUT2D eigenvalue weighted by Crippen LogP contribution is 2.59. The number of hydrogen-bond acceptors (Lipinski definition) is 14. The van der Waals surface area contributed by atoms with Gasteiger partial charge in [-0.1, -0.05) is 6.92 Å². The van der Waals surface area contributed by atoms with Gasteiger partial charge in [-0.2, -0.15) is 0 Å². The van der Waals surface area contributed by atoms with Gasteiger partial charge in [0.25, 0.3) is 11.4 Å². The molecule has 6 rings (SSSR count). The summed E-state index contributed by atoms with van der Waals surface area (Å²) in [4.78, 5) is 64.1. The first-order chi connectivity index (χ1) is 24.4. The van der Waals surface area contributed by atoms with E-state index in [1.807, 2.05) is 6.92 Å². The third-order valence-corrected chi connectivity index (χ3v) is 13.0. The number of nitrogens with zero attached hydrogens (tertiary/aromatic N) is 3. The number of benzene rings is 2. The van der Waals surface area contributed by atoms with Crippen LogP contribution in [-0.4, -0.2) is 90.5 Å². The number of esters is 1. The second-order valence-corrected chi connectivity index (χ2v) is 15.8. The third-order valence-electron chi connectivity index (χ3n) is 10.0. The van der Waals surface area contributed by atoms with Crippen LogP contribution in [0.5, 0.6) is 0 Å². The number of carbonyl (C=O) groups is 3. The molecule has 2 aromatic rings. The van der Waals surface area contributed by atoms with Crippen molar-refractivity contribution in [3.8, 4) is 0 Å². The predicted molar refractivity (Wildman–Crippen MR) is 186 cm³/mol. The van der Waals surface area contributed by atoms with Gasteiger partial charge in [-0.15, -0.1) is 23.5 Å². The monoisotopic (exact) mass is 742 g/mol. The second kappa shape index (κ2) is 15.3. The lowest BCUT2D eigenvalue weighted by molar-refractivity contribution is -0.385. The molecule has 2 aliphatic carbocycles. The molecule has 2 saturated heterocycles. The summed E-state index contributed by atoms with van der Waals surface area (Å²) >= 11 is 3.02. The molecule has 0 radical (unpaired) electrons. The lowest BCUT2D eigenvalue weighted by Crippen LogP contribution is -2.53. The minimum absolute atomic E-state index is 0.0595. The SMILES string of the molecule is CC(O)C1C(=O)C2C(C(=O)OCc3ccc([N+](=O)[O-])cc3)=C(SC3CC(C4NC(CO)CS4)N(C(=O)OCc4ccc([N+](=O)[O-])cc4)C3)C(C)C21. The van der Waals surface area contributed by atoms with Crippen LogP contribution in [0.1, 0.15) is 31.4 Å². The molecule has 4 aliphatic rings. The van der Waals surface area contributed by atoms with Gasteiger partial charge in [0.05, 0.1) is 45.5 Å². The standard InChI is InChI=1S/C34H38N4O11S2/c1-17-26-27(18(2)40)30(41)28(26)29(33(42)48-14-19-3-7-22(8-4-19)37(44)45)31(17)51-24-11-25(32-35-21(13-39)16-50-32)36(12-24)34(43)49-15-20-5-9-23(10-6-20)38(46)47/h3-10,17-18,21,24-28,32,35,39-40H,11-16H2,1-2H3. The molecule has 0 spiro atoms. The van der Waals surface area contributed by atoms with Gasteiger partial charge >= 0.3 is 12.1 Å². The summed E-state index contributed by atoms with van der Waals surface area (Å²) in [6.45, 7) is 3.45. The summed E-state index contributed by atoms with van der Waals surface area (Å²) in [7, 11) is 0. The molecule has 2 aromatic carbocycles. The quantitative estimate of drug-likeness (QED) is 0.160. The Morgan fingerprint density at radius 2 is 1.63 bits per heavy atom. The van der Waals surface area contributed by atoms with Crippen LogP contribution < -0.4 is 5.32 Å². The van der Waals surface area contributed by atoms with E-state index in [1.165, 1.54) is 60.3 Å². The van der Waals surface area contributed by atoms with E-state index in [-0.39, 0.29) is 83.6 Å². The van der Waals surface area contributed by atoms with E-state index in [1.54, 1.807) is 23.6 Å². The number of thioether (sulfide) groups is 2. The average molecular weight is 743 g/mol. The Morgan fingerprint density at radius 1 is 1.04 bits per heavy atom. The Labute approximate surface area is 301 Å². The molecule has 51 heavy (non-hydrogen) atoms. The average Bonchev–Trinajstić information content (AvgIpc) is 3.82. The van der Waals surface area contributed by atoms with Crippen molar-refractivity contribution >= 4 is 52.7 Å². The van der Waals surface area contributed by atoms with Crippen molar-refractivity contribution in [1.29, 1.82) is 0 Å². The highest BCUT2D eigenvalue weighted by Gasteiger charge is 2.62. The van der Waals surface area contributed by atoms with Crippen LogP contribution in [0.25, 0.3) is 0 Å². The fraction of sp³-hybridized carbons (Fsp3) is 0.500. The Morgan fingerprint density at radius 3 is 2.16 bits per heavy atom. The fourth-order valence-electron chi connectivity index (χ4n) is 7.49. The first kappa shape index (κ1) is 36.8. The predicted octanol–water partition coefficient (Wildman–Crippen LogP) is 3.80. The summed E-state index contributed by atoms with van der Waals surface area (Å²) in [6.07, 6.45) is -0.952. The molecule has 9 unspecified atom stereocenters. The topological polar surface area (TPSA) is 212 Å². The van der Waals surface area contributed by atoms with Crippen LogP contribution in [0, 0.1) is 43.9 Å². The number of aliphatic hydroxyl groups is 2. The van der Waals surface area contributed by atoms with E-state index in [4.69, 9.17) is 9.47 Å². The largest absolute Gasteiger partial charge is 0.457 e. The summed E-state index contributed by atoms with van der Waals surface area (Å²) in [5.74, 6) is -2.14. The molecule has 15 nitrogen and oxygen atoms in total. The number of rotatable bonds is 12. The molecule has 1 saturated carbocycles. The number of allylic oxidation sites excluding steroid dienone is 1. The first-order valence-corrected chi connectivity index (χ1v) is 18.5. The van der Waals surface area contributed by atoms with E-state index in [2.05, 4.69) is 5.32 Å². The molecule has 1 amide bonds. The molecule has 2 heterocycles. The normalized spacial score (nSPS) is 29.0. The van der Waals surface area contributed by atoms with Crippen molar-refractivity contribution < 1.29 is 43.9 Å². The second-order valence-electron chi connectivity index (χ2n) is 13.3. The number of amides is 1. The van der Waals surface area contributed by atoms with Crippen molar-refractivity contribution in [1.82, 2.24) is 10.2 Å². The van der Waals surface area contributed by atoms with E-state index >= 15 is 0 Å². The fourth-order valence-corrected chi connectivity index (χ4v) is 10.5. The smallest absolute Gasteiger partial charge is 0.410 e. The number of nitro groups is 2. The highest BCUT2D eigenvalue weighted by atomic mass is 32.2. The van der Waals surface area contributed by atoms with Crippen LogP contribution in [0.3, 0.4) is 0 Å². The molecule has 0 bridgehead atoms. The van der Waals surface area contributed by atoms with Gasteiger partial charge in [-0.3, -0.25) is 30.3 Å². The Kier molecular flexibility index (Phi) is 11.0. The van der Waals surface area contributed by atoms with Crippen molar-refractivity contribution in [2.24, 2.45) is 23.7 Å². The Bertz CT molecular complexity index is 1720. The molecule has 2 aliphatic heterocycles. The van der Waals surface area contributed by atoms with Crippen LogP contribution in [0.2, 0.25) is 0 Å². The lowest BCUT2D eigenvalue weighted by Gasteiger charge is -2.43. The zero-order chi connectivity index (χ0) is 36.6. The van der Waals surface area contributed by atoms with Gasteiger partial charge in [0.1, 0.15) is 19.0 Å². The number of hydrogen-bond donors (Lipinski definition) is 3. The molecule has 0 aromatic heterocycles. The zero-order valence-electron chi connectivity index (χ0n) is 27.8. The van der Waals surface area contributed by atoms with Crippen molar-refractivity contribution in [2.45, 2.75) is 62.3 Å². The maximum atomic E-state index is 13.8. The number of fused-ring (bicyclic) bond motifs is 1. The van der Waals surface area contributed by atoms with Crippen molar-refractivity contribution in [3.63, 3.8) is 0 Å². The number of ketones is 1. The van der Waals surface area contributed by atoms with Crippen molar-refractivity contribution in [3.05, 3.63) is 90.4 Å². The van der Waals surface area contributed by atoms with Gasteiger partial charge < -0.3 is 24.6 Å². The number of likely N-dealkylation sites (tertiary alicyclic amines) is 1. The van der Waals surface area contributed by atoms with Gasteiger partial charge in [-0.05, 0) is 65.5 Å². The molecule has 9 atom stereocenters. The van der Waals surface area contributed by atoms with Gasteiger partial charge in [0.2, 0.25) is 0 Å². The van der Waals surface area contributed by atoms with E-state index < -0.39 is 39.8 Å². The number of nitro benzene ring substituents is 2. The Balaban J connectivity index is 1.21. The number of non-ortho nitro benzene ring substituents is 2. The lowest BCUT2D eigenvalue weighted by atomic mass is 9.59. The summed E-state index contributed by atoms with van der Waals surface area (Å²) < 4.78 is 11.4. The number of carbonyl (C=O) groups excluding carboxylic acids is 3. The third kappa shape index (κ3) is 7.48. The van der Waals surface area contributed by atoms with E-state index in [9.17, 15) is 44.8 Å². The van der Waals surface area contributed by atoms with E-state index in [0.717, 1.165) is 0 Å². The zero-order valence-corrected chi connectivity index (χ0v) is 29.4. The number of aliphatic hydroxyl groups excluding tert-OH is 2.